The van der Waals surface area contributed by atoms with Crippen LogP contribution < -0.4 is 5.09 Å². The Kier molecular flexibility index (Phi) is 3.68. The third-order valence-electron chi connectivity index (χ3n) is 1.85. The third-order valence-corrected chi connectivity index (χ3v) is 4.54. The van der Waals surface area contributed by atoms with E-state index in [1.807, 2.05) is 6.92 Å². The number of hydrogen-bond donors (Lipinski definition) is 1. The minimum Gasteiger partial charge on any atom is -0.318 e. The van der Waals surface area contributed by atoms with Crippen LogP contribution >= 0.6 is 6.64 Å². The van der Waals surface area contributed by atoms with Crippen LogP contribution in [-0.2, 0) is 20.9 Å². The molecule has 1 saturated heterocycles. The highest BCUT2D eigenvalue weighted by Gasteiger charge is 2.32. The highest BCUT2D eigenvalue weighted by atomic mass is 32.5. The summed E-state index contributed by atoms with van der Waals surface area (Å²) in [7, 11) is 0. The average molecular weight is 209 g/mol. The molecular formula is C7H16NO2PS. The lowest BCUT2D eigenvalue weighted by atomic mass is 10.1. The third kappa shape index (κ3) is 2.51. The van der Waals surface area contributed by atoms with Crippen molar-refractivity contribution in [2.24, 2.45) is 5.92 Å². The lowest BCUT2D eigenvalue weighted by Gasteiger charge is -2.16. The highest BCUT2D eigenvalue weighted by Crippen LogP contribution is 2.49. The standard InChI is InChI=1S/C7H16NO2PS/c1-4-9-11(12)8-7(5-10-11)6(2)3/h6-7H,4-5H2,1-3H3,(H,8,12). The topological polar surface area (TPSA) is 30.5 Å². The summed E-state index contributed by atoms with van der Waals surface area (Å²) in [5.41, 5.74) is 0. The maximum Gasteiger partial charge on any atom is 0.261 e. The van der Waals surface area contributed by atoms with Crippen molar-refractivity contribution in [3.05, 3.63) is 0 Å². The lowest BCUT2D eigenvalue weighted by molar-refractivity contribution is 0.270. The molecule has 0 aromatic carbocycles. The van der Waals surface area contributed by atoms with Crippen molar-refractivity contribution < 1.29 is 9.05 Å². The first-order chi connectivity index (χ1) is 5.57. The molecule has 2 unspecified atom stereocenters. The van der Waals surface area contributed by atoms with Gasteiger partial charge in [-0.1, -0.05) is 13.8 Å². The Bertz CT molecular complexity index is 198. The van der Waals surface area contributed by atoms with Crippen LogP contribution in [-0.4, -0.2) is 19.3 Å². The van der Waals surface area contributed by atoms with Crippen molar-refractivity contribution in [2.45, 2.75) is 26.8 Å². The van der Waals surface area contributed by atoms with Crippen LogP contribution in [0.5, 0.6) is 0 Å². The van der Waals surface area contributed by atoms with Gasteiger partial charge in [0.15, 0.2) is 0 Å². The summed E-state index contributed by atoms with van der Waals surface area (Å²) < 4.78 is 10.8. The zero-order valence-electron chi connectivity index (χ0n) is 7.74. The van der Waals surface area contributed by atoms with Crippen LogP contribution in [0, 0.1) is 5.92 Å². The molecule has 0 saturated carbocycles. The first kappa shape index (κ1) is 10.6. The fraction of sp³-hybridized carbons (Fsp3) is 1.00. The van der Waals surface area contributed by atoms with Crippen molar-refractivity contribution >= 4 is 18.4 Å². The zero-order valence-corrected chi connectivity index (χ0v) is 9.45. The van der Waals surface area contributed by atoms with Gasteiger partial charge in [0, 0.05) is 6.04 Å². The average Bonchev–Trinajstić information content (AvgIpc) is 2.33. The van der Waals surface area contributed by atoms with E-state index in [0.717, 1.165) is 0 Å². The van der Waals surface area contributed by atoms with Crippen LogP contribution in [0.2, 0.25) is 0 Å². The van der Waals surface area contributed by atoms with Crippen molar-refractivity contribution in [1.82, 2.24) is 5.09 Å². The quantitative estimate of drug-likeness (QED) is 0.719. The van der Waals surface area contributed by atoms with E-state index in [-0.39, 0.29) is 0 Å². The van der Waals surface area contributed by atoms with Gasteiger partial charge in [-0.2, -0.15) is 0 Å². The summed E-state index contributed by atoms with van der Waals surface area (Å²) >= 11 is 5.22. The second-order valence-electron chi connectivity index (χ2n) is 3.19. The molecule has 3 nitrogen and oxygen atoms in total. The zero-order chi connectivity index (χ0) is 9.19. The van der Waals surface area contributed by atoms with Crippen LogP contribution in [0.1, 0.15) is 20.8 Å². The van der Waals surface area contributed by atoms with Crippen molar-refractivity contribution in [3.8, 4) is 0 Å². The largest absolute Gasteiger partial charge is 0.318 e. The molecule has 1 aliphatic heterocycles. The molecule has 12 heavy (non-hydrogen) atoms. The van der Waals surface area contributed by atoms with Gasteiger partial charge < -0.3 is 9.05 Å². The van der Waals surface area contributed by atoms with Gasteiger partial charge in [-0.05, 0) is 24.6 Å². The Morgan fingerprint density at radius 3 is 2.83 bits per heavy atom. The van der Waals surface area contributed by atoms with Gasteiger partial charge in [0.2, 0.25) is 0 Å². The second-order valence-corrected chi connectivity index (χ2v) is 6.40. The lowest BCUT2D eigenvalue weighted by Crippen LogP contribution is -2.27. The molecule has 72 valence electrons. The molecule has 5 heteroatoms. The van der Waals surface area contributed by atoms with E-state index >= 15 is 0 Å². The highest BCUT2D eigenvalue weighted by molar-refractivity contribution is 8.09. The van der Waals surface area contributed by atoms with Crippen molar-refractivity contribution in [2.75, 3.05) is 13.2 Å². The first-order valence-corrected chi connectivity index (χ1v) is 6.88. The monoisotopic (exact) mass is 209 g/mol. The van der Waals surface area contributed by atoms with Crippen LogP contribution in [0.15, 0.2) is 0 Å². The minimum absolute atomic E-state index is 0.363. The second kappa shape index (κ2) is 4.16. The molecule has 1 heterocycles. The van der Waals surface area contributed by atoms with Crippen molar-refractivity contribution in [1.29, 1.82) is 0 Å². The van der Waals surface area contributed by atoms with Gasteiger partial charge >= 0.3 is 0 Å². The minimum atomic E-state index is -2.10. The maximum absolute atomic E-state index is 5.45. The Morgan fingerprint density at radius 2 is 2.42 bits per heavy atom. The molecule has 0 aromatic rings. The SMILES string of the molecule is CCOP1(=S)NC(C(C)C)CO1. The van der Waals surface area contributed by atoms with Gasteiger partial charge in [-0.15, -0.1) is 0 Å². The van der Waals surface area contributed by atoms with E-state index in [0.29, 0.717) is 25.2 Å². The van der Waals surface area contributed by atoms with E-state index in [9.17, 15) is 0 Å². The Balaban J connectivity index is 2.49. The molecule has 0 aromatic heterocycles. The van der Waals surface area contributed by atoms with Gasteiger partial charge in [0.05, 0.1) is 13.2 Å². The van der Waals surface area contributed by atoms with E-state index in [4.69, 9.17) is 20.9 Å². The Labute approximate surface area is 79.0 Å². The summed E-state index contributed by atoms with van der Waals surface area (Å²) in [5, 5.41) is 3.25. The normalized spacial score (nSPS) is 36.2. The van der Waals surface area contributed by atoms with Gasteiger partial charge in [0.25, 0.3) is 6.64 Å². The van der Waals surface area contributed by atoms with Gasteiger partial charge in [-0.25, -0.2) is 5.09 Å². The predicted octanol–water partition coefficient (Wildman–Crippen LogP) is 1.89. The molecule has 0 aliphatic carbocycles. The van der Waals surface area contributed by atoms with E-state index < -0.39 is 6.64 Å². The maximum atomic E-state index is 5.45. The van der Waals surface area contributed by atoms with E-state index in [2.05, 4.69) is 18.9 Å². The summed E-state index contributed by atoms with van der Waals surface area (Å²) in [5.74, 6) is 0.551. The van der Waals surface area contributed by atoms with Crippen LogP contribution in [0.3, 0.4) is 0 Å². The predicted molar refractivity (Wildman–Crippen MR) is 53.6 cm³/mol. The number of nitrogens with one attached hydrogen (secondary N) is 1. The number of hydrogen-bond acceptors (Lipinski definition) is 3. The first-order valence-electron chi connectivity index (χ1n) is 4.24. The smallest absolute Gasteiger partial charge is 0.261 e. The summed E-state index contributed by atoms with van der Waals surface area (Å²) in [6.07, 6.45) is 0. The fourth-order valence-corrected chi connectivity index (χ4v) is 3.65. The molecule has 1 N–H and O–H groups in total. The Morgan fingerprint density at radius 1 is 1.75 bits per heavy atom. The Hall–Kier alpha value is 0.530. The van der Waals surface area contributed by atoms with Gasteiger partial charge in [-0.3, -0.25) is 0 Å². The summed E-state index contributed by atoms with van der Waals surface area (Å²) in [6, 6.07) is 0.363. The molecule has 2 atom stereocenters. The van der Waals surface area contributed by atoms with E-state index in [1.54, 1.807) is 0 Å². The molecular weight excluding hydrogens is 193 g/mol. The fourth-order valence-electron chi connectivity index (χ4n) is 1.04. The summed E-state index contributed by atoms with van der Waals surface area (Å²) in [4.78, 5) is 0. The molecule has 0 bridgehead atoms. The van der Waals surface area contributed by atoms with E-state index in [1.165, 1.54) is 0 Å². The molecule has 1 fully saturated rings. The summed E-state index contributed by atoms with van der Waals surface area (Å²) in [6.45, 7) is 5.45. The van der Waals surface area contributed by atoms with Gasteiger partial charge in [0.1, 0.15) is 0 Å². The molecule has 0 amide bonds. The van der Waals surface area contributed by atoms with Crippen LogP contribution in [0.25, 0.3) is 0 Å². The van der Waals surface area contributed by atoms with Crippen molar-refractivity contribution in [3.63, 3.8) is 0 Å². The molecule has 0 spiro atoms. The molecule has 1 rings (SSSR count). The number of rotatable bonds is 3. The van der Waals surface area contributed by atoms with Crippen LogP contribution in [0.4, 0.5) is 0 Å². The molecule has 0 radical (unpaired) electrons. The molecule has 1 aliphatic rings.